The van der Waals surface area contributed by atoms with E-state index in [9.17, 15) is 14.7 Å². The smallest absolute Gasteiger partial charge is 0.295 e. The first-order valence-electron chi connectivity index (χ1n) is 11.0. The summed E-state index contributed by atoms with van der Waals surface area (Å²) < 4.78 is 5.75. The zero-order valence-corrected chi connectivity index (χ0v) is 18.3. The molecule has 5 rings (SSSR count). The average Bonchev–Trinajstić information content (AvgIpc) is 3.34. The summed E-state index contributed by atoms with van der Waals surface area (Å²) in [7, 11) is 0. The lowest BCUT2D eigenvalue weighted by atomic mass is 9.95. The van der Waals surface area contributed by atoms with E-state index in [4.69, 9.17) is 4.74 Å². The van der Waals surface area contributed by atoms with Crippen molar-refractivity contribution in [3.8, 4) is 5.75 Å². The fraction of sp³-hybridized carbons (Fsp3) is 0.222. The quantitative estimate of drug-likeness (QED) is 0.368. The van der Waals surface area contributed by atoms with Gasteiger partial charge in [-0.3, -0.25) is 14.6 Å². The number of likely N-dealkylation sites (tertiary alicyclic amines) is 1. The first-order valence-corrected chi connectivity index (χ1v) is 11.0. The molecule has 1 amide bonds. The van der Waals surface area contributed by atoms with Crippen LogP contribution < -0.4 is 4.74 Å². The predicted molar refractivity (Wildman–Crippen MR) is 124 cm³/mol. The van der Waals surface area contributed by atoms with Gasteiger partial charge in [-0.1, -0.05) is 30.3 Å². The van der Waals surface area contributed by atoms with Crippen molar-refractivity contribution in [1.82, 2.24) is 9.88 Å². The number of aromatic nitrogens is 1. The number of aliphatic hydroxyl groups is 1. The van der Waals surface area contributed by atoms with Gasteiger partial charge in [-0.2, -0.15) is 0 Å². The van der Waals surface area contributed by atoms with E-state index in [1.54, 1.807) is 41.6 Å². The number of ether oxygens (including phenoxy) is 1. The van der Waals surface area contributed by atoms with Gasteiger partial charge in [0, 0.05) is 30.9 Å². The largest absolute Gasteiger partial charge is 0.507 e. The normalized spacial score (nSPS) is 21.2. The van der Waals surface area contributed by atoms with E-state index in [0.717, 1.165) is 28.9 Å². The van der Waals surface area contributed by atoms with Crippen LogP contribution >= 0.6 is 0 Å². The molecule has 0 radical (unpaired) electrons. The second-order valence-corrected chi connectivity index (χ2v) is 8.46. The van der Waals surface area contributed by atoms with Crippen LogP contribution in [0.15, 0.2) is 78.6 Å². The van der Waals surface area contributed by atoms with E-state index < -0.39 is 17.7 Å². The fourth-order valence-electron chi connectivity index (χ4n) is 4.62. The summed E-state index contributed by atoms with van der Waals surface area (Å²) in [6.07, 6.45) is 4.65. The molecule has 1 N–H and O–H groups in total. The number of amides is 1. The second kappa shape index (κ2) is 8.54. The van der Waals surface area contributed by atoms with Crippen LogP contribution in [0.3, 0.4) is 0 Å². The molecule has 0 aliphatic carbocycles. The summed E-state index contributed by atoms with van der Waals surface area (Å²) >= 11 is 0. The molecule has 1 fully saturated rings. The predicted octanol–water partition coefficient (Wildman–Crippen LogP) is 4.07. The molecule has 6 nitrogen and oxygen atoms in total. The standard InChI is InChI=1S/C27H24N2O4/c1-17-15-21-16-20(7-8-22(21)33-17)25(30)23-24(19-9-12-28-13-10-19)29(27(32)26(23)31)14-11-18-5-3-2-4-6-18/h2-10,12-13,16-17,24,30H,11,14-15H2,1H3/b25-23+/t17-,24+/m1/s1. The lowest BCUT2D eigenvalue weighted by molar-refractivity contribution is -0.139. The van der Waals surface area contributed by atoms with E-state index in [-0.39, 0.29) is 17.4 Å². The van der Waals surface area contributed by atoms with E-state index in [1.807, 2.05) is 43.3 Å². The maximum absolute atomic E-state index is 13.2. The highest BCUT2D eigenvalue weighted by molar-refractivity contribution is 6.46. The van der Waals surface area contributed by atoms with Crippen molar-refractivity contribution in [2.75, 3.05) is 6.54 Å². The summed E-state index contributed by atoms with van der Waals surface area (Å²) in [5, 5.41) is 11.3. The van der Waals surface area contributed by atoms with Crippen molar-refractivity contribution in [3.63, 3.8) is 0 Å². The Balaban J connectivity index is 1.56. The Morgan fingerprint density at radius 1 is 1.09 bits per heavy atom. The van der Waals surface area contributed by atoms with Crippen molar-refractivity contribution in [3.05, 3.63) is 101 Å². The molecule has 2 aliphatic rings. The number of pyridine rings is 1. The Morgan fingerprint density at radius 2 is 1.85 bits per heavy atom. The highest BCUT2D eigenvalue weighted by atomic mass is 16.5. The van der Waals surface area contributed by atoms with Gasteiger partial charge in [0.15, 0.2) is 0 Å². The molecule has 0 unspecified atom stereocenters. The molecule has 2 atom stereocenters. The lowest BCUT2D eigenvalue weighted by Crippen LogP contribution is -2.31. The third-order valence-electron chi connectivity index (χ3n) is 6.22. The van der Waals surface area contributed by atoms with Gasteiger partial charge in [0.05, 0.1) is 11.6 Å². The van der Waals surface area contributed by atoms with E-state index in [2.05, 4.69) is 4.98 Å². The molecular weight excluding hydrogens is 416 g/mol. The molecule has 166 valence electrons. The van der Waals surface area contributed by atoms with Crippen molar-refractivity contribution >= 4 is 17.4 Å². The first-order chi connectivity index (χ1) is 16.0. The minimum atomic E-state index is -0.680. The van der Waals surface area contributed by atoms with Gasteiger partial charge in [0.1, 0.15) is 17.6 Å². The van der Waals surface area contributed by atoms with Crippen molar-refractivity contribution in [2.24, 2.45) is 0 Å². The molecule has 3 heterocycles. The monoisotopic (exact) mass is 440 g/mol. The zero-order chi connectivity index (χ0) is 22.9. The molecule has 0 spiro atoms. The Morgan fingerprint density at radius 3 is 2.61 bits per heavy atom. The topological polar surface area (TPSA) is 79.7 Å². The van der Waals surface area contributed by atoms with E-state index >= 15 is 0 Å². The van der Waals surface area contributed by atoms with Gasteiger partial charge >= 0.3 is 0 Å². The van der Waals surface area contributed by atoms with Crippen LogP contribution in [0.4, 0.5) is 0 Å². The number of fused-ring (bicyclic) bond motifs is 1. The molecule has 0 saturated carbocycles. The van der Waals surface area contributed by atoms with Crippen LogP contribution in [0.5, 0.6) is 5.75 Å². The number of carbonyl (C=O) groups excluding carboxylic acids is 2. The molecular formula is C27H24N2O4. The van der Waals surface area contributed by atoms with Crippen LogP contribution in [0, 0.1) is 0 Å². The molecule has 2 aromatic carbocycles. The Kier molecular flexibility index (Phi) is 5.42. The van der Waals surface area contributed by atoms with Gasteiger partial charge in [0.25, 0.3) is 11.7 Å². The average molecular weight is 440 g/mol. The third-order valence-corrected chi connectivity index (χ3v) is 6.22. The van der Waals surface area contributed by atoms with Gasteiger partial charge in [-0.15, -0.1) is 0 Å². The summed E-state index contributed by atoms with van der Waals surface area (Å²) in [5.74, 6) is -0.660. The number of hydrogen-bond acceptors (Lipinski definition) is 5. The Hall–Kier alpha value is -3.93. The number of nitrogens with zero attached hydrogens (tertiary/aromatic N) is 2. The SMILES string of the molecule is C[C@@H]1Cc2cc(/C(O)=C3\C(=O)C(=O)N(CCc4ccccc4)[C@H]3c3ccncc3)ccc2O1. The number of ketones is 1. The summed E-state index contributed by atoms with van der Waals surface area (Å²) in [4.78, 5) is 31.9. The number of Topliss-reactive ketones (excluding diaryl/α,β-unsaturated/α-hetero) is 1. The maximum atomic E-state index is 13.2. The summed E-state index contributed by atoms with van der Waals surface area (Å²) in [5.41, 5.74) is 3.39. The minimum absolute atomic E-state index is 0.0674. The summed E-state index contributed by atoms with van der Waals surface area (Å²) in [6.45, 7) is 2.34. The van der Waals surface area contributed by atoms with Crippen LogP contribution in [-0.2, 0) is 22.4 Å². The lowest BCUT2D eigenvalue weighted by Gasteiger charge is -2.25. The number of rotatable bonds is 5. The van der Waals surface area contributed by atoms with E-state index in [1.165, 1.54) is 0 Å². The molecule has 6 heteroatoms. The highest BCUT2D eigenvalue weighted by Crippen LogP contribution is 2.40. The number of carbonyl (C=O) groups is 2. The van der Waals surface area contributed by atoms with Gasteiger partial charge < -0.3 is 14.7 Å². The molecule has 1 aromatic heterocycles. The van der Waals surface area contributed by atoms with Crippen LogP contribution in [0.25, 0.3) is 5.76 Å². The first kappa shape index (κ1) is 20.9. The highest BCUT2D eigenvalue weighted by Gasteiger charge is 2.45. The number of hydrogen-bond donors (Lipinski definition) is 1. The third kappa shape index (κ3) is 3.89. The zero-order valence-electron chi connectivity index (χ0n) is 18.3. The molecule has 2 aliphatic heterocycles. The summed E-state index contributed by atoms with van der Waals surface area (Å²) in [6, 6.07) is 18.1. The molecule has 0 bridgehead atoms. The van der Waals surface area contributed by atoms with Gasteiger partial charge in [-0.05, 0) is 60.4 Å². The fourth-order valence-corrected chi connectivity index (χ4v) is 4.62. The van der Waals surface area contributed by atoms with Crippen LogP contribution in [0.1, 0.15) is 35.2 Å². The van der Waals surface area contributed by atoms with Crippen molar-refractivity contribution in [2.45, 2.75) is 31.9 Å². The van der Waals surface area contributed by atoms with Crippen LogP contribution in [0.2, 0.25) is 0 Å². The number of benzene rings is 2. The Labute approximate surface area is 192 Å². The minimum Gasteiger partial charge on any atom is -0.507 e. The molecule has 1 saturated heterocycles. The molecule has 3 aromatic rings. The van der Waals surface area contributed by atoms with Crippen molar-refractivity contribution in [1.29, 1.82) is 0 Å². The number of aliphatic hydroxyl groups excluding tert-OH is 1. The maximum Gasteiger partial charge on any atom is 0.295 e. The van der Waals surface area contributed by atoms with E-state index in [0.29, 0.717) is 18.5 Å². The second-order valence-electron chi connectivity index (χ2n) is 8.46. The van der Waals surface area contributed by atoms with Gasteiger partial charge in [-0.25, -0.2) is 0 Å². The molecule has 33 heavy (non-hydrogen) atoms. The van der Waals surface area contributed by atoms with Crippen molar-refractivity contribution < 1.29 is 19.4 Å². The van der Waals surface area contributed by atoms with Gasteiger partial charge in [0.2, 0.25) is 0 Å². The van der Waals surface area contributed by atoms with Crippen LogP contribution in [-0.4, -0.2) is 39.3 Å². The Bertz CT molecular complexity index is 1240.